The average Bonchev–Trinajstić information content (AvgIpc) is 2.60. The molecule has 0 bridgehead atoms. The van der Waals surface area contributed by atoms with Crippen LogP contribution in [0, 0.1) is 5.92 Å². The fourth-order valence-electron chi connectivity index (χ4n) is 2.03. The molecule has 2 nitrogen and oxygen atoms in total. The molecule has 1 aliphatic carbocycles. The van der Waals surface area contributed by atoms with E-state index < -0.39 is 0 Å². The molecule has 1 aliphatic rings. The summed E-state index contributed by atoms with van der Waals surface area (Å²) in [5, 5.41) is 4.83. The highest BCUT2D eigenvalue weighted by Crippen LogP contribution is 2.29. The van der Waals surface area contributed by atoms with E-state index in [4.69, 9.17) is 0 Å². The van der Waals surface area contributed by atoms with Gasteiger partial charge in [-0.15, -0.1) is 11.3 Å². The van der Waals surface area contributed by atoms with Crippen LogP contribution in [-0.4, -0.2) is 11.0 Å². The molecule has 0 aliphatic heterocycles. The van der Waals surface area contributed by atoms with E-state index in [1.54, 1.807) is 0 Å². The van der Waals surface area contributed by atoms with Crippen LogP contribution in [0.25, 0.3) is 0 Å². The third kappa shape index (κ3) is 2.83. The second-order valence-corrected chi connectivity index (χ2v) is 6.32. The van der Waals surface area contributed by atoms with Crippen LogP contribution < -0.4 is 5.32 Å². The van der Waals surface area contributed by atoms with Crippen molar-refractivity contribution in [3.8, 4) is 0 Å². The molecule has 1 heterocycles. The quantitative estimate of drug-likeness (QED) is 0.848. The van der Waals surface area contributed by atoms with Gasteiger partial charge in [-0.3, -0.25) is 0 Å². The molecule has 1 N–H and O–H groups in total. The van der Waals surface area contributed by atoms with Crippen molar-refractivity contribution in [1.29, 1.82) is 0 Å². The van der Waals surface area contributed by atoms with Gasteiger partial charge in [0, 0.05) is 23.7 Å². The number of nitrogens with zero attached hydrogens (tertiary/aromatic N) is 1. The molecule has 0 radical (unpaired) electrons. The zero-order chi connectivity index (χ0) is 11.5. The Morgan fingerprint density at radius 3 is 2.69 bits per heavy atom. The first-order valence-electron chi connectivity index (χ1n) is 6.35. The van der Waals surface area contributed by atoms with Crippen molar-refractivity contribution in [2.24, 2.45) is 5.92 Å². The van der Waals surface area contributed by atoms with Crippen molar-refractivity contribution >= 4 is 11.3 Å². The number of hydrogen-bond donors (Lipinski definition) is 1. The predicted molar refractivity (Wildman–Crippen MR) is 69.8 cm³/mol. The highest BCUT2D eigenvalue weighted by Gasteiger charge is 2.23. The lowest BCUT2D eigenvalue weighted by atomic mass is 9.80. The van der Waals surface area contributed by atoms with Gasteiger partial charge in [-0.1, -0.05) is 20.3 Å². The molecule has 1 atom stereocenters. The summed E-state index contributed by atoms with van der Waals surface area (Å²) >= 11 is 1.85. The molecule has 0 spiro atoms. The molecule has 0 saturated heterocycles. The molecule has 1 fully saturated rings. The fraction of sp³-hybridized carbons (Fsp3) is 0.769. The Hall–Kier alpha value is -0.410. The maximum absolute atomic E-state index is 4.47. The monoisotopic (exact) mass is 238 g/mol. The molecule has 1 saturated carbocycles. The van der Waals surface area contributed by atoms with Crippen LogP contribution in [0.3, 0.4) is 0 Å². The summed E-state index contributed by atoms with van der Waals surface area (Å²) < 4.78 is 0. The van der Waals surface area contributed by atoms with Crippen LogP contribution in [0.2, 0.25) is 0 Å². The van der Waals surface area contributed by atoms with Gasteiger partial charge < -0.3 is 5.32 Å². The highest BCUT2D eigenvalue weighted by molar-refractivity contribution is 7.11. The minimum Gasteiger partial charge on any atom is -0.308 e. The molecule has 16 heavy (non-hydrogen) atoms. The van der Waals surface area contributed by atoms with Crippen molar-refractivity contribution in [3.05, 3.63) is 16.1 Å². The van der Waals surface area contributed by atoms with Crippen LogP contribution in [0.5, 0.6) is 0 Å². The third-order valence-electron chi connectivity index (χ3n) is 3.57. The summed E-state index contributed by atoms with van der Waals surface area (Å²) in [5.41, 5.74) is 0. The van der Waals surface area contributed by atoms with Crippen LogP contribution in [0.15, 0.2) is 6.20 Å². The largest absolute Gasteiger partial charge is 0.308 e. The number of hydrogen-bond acceptors (Lipinski definition) is 3. The second-order valence-electron chi connectivity index (χ2n) is 5.17. The fourth-order valence-corrected chi connectivity index (χ4v) is 2.90. The molecule has 0 aromatic carbocycles. The van der Waals surface area contributed by atoms with E-state index in [9.17, 15) is 0 Å². The third-order valence-corrected chi connectivity index (χ3v) is 4.87. The van der Waals surface area contributed by atoms with Crippen molar-refractivity contribution in [1.82, 2.24) is 10.3 Å². The SMILES string of the molecule is CC(C)c1cnc(CNC(C)C2CCC2)s1. The van der Waals surface area contributed by atoms with Crippen molar-refractivity contribution in [2.45, 2.75) is 58.5 Å². The molecule has 1 aromatic heterocycles. The highest BCUT2D eigenvalue weighted by atomic mass is 32.1. The van der Waals surface area contributed by atoms with Crippen molar-refractivity contribution in [3.63, 3.8) is 0 Å². The smallest absolute Gasteiger partial charge is 0.107 e. The zero-order valence-corrected chi connectivity index (χ0v) is 11.3. The van der Waals surface area contributed by atoms with Gasteiger partial charge in [-0.05, 0) is 31.6 Å². The minimum atomic E-state index is 0.607. The van der Waals surface area contributed by atoms with Crippen LogP contribution in [0.1, 0.15) is 55.8 Å². The van der Waals surface area contributed by atoms with Gasteiger partial charge in [0.05, 0.1) is 0 Å². The summed E-state index contributed by atoms with van der Waals surface area (Å²) in [6.45, 7) is 7.69. The van der Waals surface area contributed by atoms with E-state index >= 15 is 0 Å². The number of rotatable bonds is 5. The van der Waals surface area contributed by atoms with E-state index in [1.807, 2.05) is 17.5 Å². The molecular weight excluding hydrogens is 216 g/mol. The summed E-state index contributed by atoms with van der Waals surface area (Å²) in [4.78, 5) is 5.86. The normalized spacial score (nSPS) is 18.8. The number of aromatic nitrogens is 1. The van der Waals surface area contributed by atoms with Crippen LogP contribution in [0.4, 0.5) is 0 Å². The van der Waals surface area contributed by atoms with E-state index in [0.717, 1.165) is 12.5 Å². The average molecular weight is 238 g/mol. The molecular formula is C13H22N2S. The van der Waals surface area contributed by atoms with Crippen molar-refractivity contribution < 1.29 is 0 Å². The topological polar surface area (TPSA) is 24.9 Å². The van der Waals surface area contributed by atoms with Gasteiger partial charge in [-0.25, -0.2) is 4.98 Å². The lowest BCUT2D eigenvalue weighted by molar-refractivity contribution is 0.240. The maximum atomic E-state index is 4.47. The zero-order valence-electron chi connectivity index (χ0n) is 10.5. The lowest BCUT2D eigenvalue weighted by Crippen LogP contribution is -2.36. The number of thiazole rings is 1. The summed E-state index contributed by atoms with van der Waals surface area (Å²) in [5.74, 6) is 1.51. The van der Waals surface area contributed by atoms with Crippen LogP contribution >= 0.6 is 11.3 Å². The molecule has 1 aromatic rings. The van der Waals surface area contributed by atoms with E-state index in [1.165, 1.54) is 29.1 Å². The molecule has 0 amide bonds. The standard InChI is InChI=1S/C13H22N2S/c1-9(2)12-7-15-13(16-12)8-14-10(3)11-5-4-6-11/h7,9-11,14H,4-6,8H2,1-3H3. The Balaban J connectivity index is 1.79. The Bertz CT molecular complexity index is 328. The lowest BCUT2D eigenvalue weighted by Gasteiger charge is -2.31. The Labute approximate surface area is 102 Å². The van der Waals surface area contributed by atoms with Crippen molar-refractivity contribution in [2.75, 3.05) is 0 Å². The molecule has 1 unspecified atom stereocenters. The van der Waals surface area contributed by atoms with Gasteiger partial charge in [-0.2, -0.15) is 0 Å². The molecule has 2 rings (SSSR count). The minimum absolute atomic E-state index is 0.607. The molecule has 3 heteroatoms. The second kappa shape index (κ2) is 5.28. The first-order chi connectivity index (χ1) is 7.66. The van der Waals surface area contributed by atoms with E-state index in [2.05, 4.69) is 31.1 Å². The van der Waals surface area contributed by atoms with Gasteiger partial charge in [0.2, 0.25) is 0 Å². The summed E-state index contributed by atoms with van der Waals surface area (Å²) in [6.07, 6.45) is 6.26. The van der Waals surface area contributed by atoms with E-state index in [-0.39, 0.29) is 0 Å². The Morgan fingerprint density at radius 2 is 2.19 bits per heavy atom. The predicted octanol–water partition coefficient (Wildman–Crippen LogP) is 3.54. The van der Waals surface area contributed by atoms with E-state index in [0.29, 0.717) is 12.0 Å². The van der Waals surface area contributed by atoms with Gasteiger partial charge in [0.25, 0.3) is 0 Å². The Kier molecular flexibility index (Phi) is 3.98. The summed E-state index contributed by atoms with van der Waals surface area (Å²) in [6, 6.07) is 0.653. The maximum Gasteiger partial charge on any atom is 0.107 e. The first kappa shape index (κ1) is 12.1. The van der Waals surface area contributed by atoms with Gasteiger partial charge in [0.1, 0.15) is 5.01 Å². The van der Waals surface area contributed by atoms with Crippen LogP contribution in [-0.2, 0) is 6.54 Å². The van der Waals surface area contributed by atoms with Gasteiger partial charge in [0.15, 0.2) is 0 Å². The first-order valence-corrected chi connectivity index (χ1v) is 7.16. The Morgan fingerprint density at radius 1 is 1.44 bits per heavy atom. The molecule has 90 valence electrons. The van der Waals surface area contributed by atoms with Gasteiger partial charge >= 0.3 is 0 Å². The number of nitrogens with one attached hydrogen (secondary N) is 1. The summed E-state index contributed by atoms with van der Waals surface area (Å²) in [7, 11) is 0.